The van der Waals surface area contributed by atoms with Crippen molar-refractivity contribution in [1.82, 2.24) is 0 Å². The van der Waals surface area contributed by atoms with Crippen LogP contribution in [0, 0.1) is 0 Å². The molecule has 2 aliphatic rings. The van der Waals surface area contributed by atoms with Gasteiger partial charge in [-0.1, -0.05) is 0 Å². The second kappa shape index (κ2) is 7.14. The van der Waals surface area contributed by atoms with E-state index in [1.165, 1.54) is 9.80 Å². The summed E-state index contributed by atoms with van der Waals surface area (Å²) in [5.41, 5.74) is 1.09. The van der Waals surface area contributed by atoms with Crippen LogP contribution in [0.3, 0.4) is 0 Å². The molecular formula is C17H11ClN2O5S2Se. The first-order valence-corrected chi connectivity index (χ1v) is 11.9. The number of hydrogen-bond acceptors (Lipinski definition) is 6. The minimum absolute atomic E-state index is 0.0419. The Bertz CT molecular complexity index is 1130. The van der Waals surface area contributed by atoms with Gasteiger partial charge >= 0.3 is 178 Å². The number of amides is 1. The molecule has 144 valence electrons. The third-order valence-electron chi connectivity index (χ3n) is 3.95. The average Bonchev–Trinajstić information content (AvgIpc) is 3.12. The summed E-state index contributed by atoms with van der Waals surface area (Å²) in [5.74, 6) is -1.23. The Morgan fingerprint density at radius 3 is 2.50 bits per heavy atom. The molecule has 2 aromatic carbocycles. The van der Waals surface area contributed by atoms with Crippen molar-refractivity contribution in [1.29, 1.82) is 0 Å². The monoisotopic (exact) mass is 502 g/mol. The summed E-state index contributed by atoms with van der Waals surface area (Å²) in [5, 5.41) is 0.447. The van der Waals surface area contributed by atoms with E-state index in [2.05, 4.69) is 0 Å². The van der Waals surface area contributed by atoms with Gasteiger partial charge in [0.15, 0.2) is 0 Å². The fourth-order valence-corrected chi connectivity index (χ4v) is 6.36. The Morgan fingerprint density at radius 2 is 1.82 bits per heavy atom. The third kappa shape index (κ3) is 3.55. The average molecular weight is 502 g/mol. The van der Waals surface area contributed by atoms with Gasteiger partial charge in [-0.15, -0.1) is 0 Å². The number of benzene rings is 2. The van der Waals surface area contributed by atoms with E-state index in [1.54, 1.807) is 36.4 Å². The number of carbonyl (C=O) groups is 1. The van der Waals surface area contributed by atoms with Crippen molar-refractivity contribution in [3.8, 4) is 0 Å². The van der Waals surface area contributed by atoms with Crippen LogP contribution < -0.4 is 14.3 Å². The van der Waals surface area contributed by atoms with Gasteiger partial charge in [0.1, 0.15) is 0 Å². The molecule has 11 heteroatoms. The molecule has 1 saturated heterocycles. The number of carbonyl (C=O) groups excluding carboxylic acids is 1. The molecule has 0 bridgehead atoms. The molecule has 28 heavy (non-hydrogen) atoms. The second-order valence-corrected chi connectivity index (χ2v) is 10.2. The Morgan fingerprint density at radius 1 is 1.14 bits per heavy atom. The van der Waals surface area contributed by atoms with Gasteiger partial charge in [-0.3, -0.25) is 0 Å². The van der Waals surface area contributed by atoms with Crippen molar-refractivity contribution in [2.24, 2.45) is 0 Å². The van der Waals surface area contributed by atoms with E-state index < -0.39 is 36.9 Å². The Balaban J connectivity index is 1.78. The summed E-state index contributed by atoms with van der Waals surface area (Å²) in [6.07, 6.45) is 0. The van der Waals surface area contributed by atoms with Gasteiger partial charge in [0.05, 0.1) is 0 Å². The van der Waals surface area contributed by atoms with Gasteiger partial charge in [0, 0.05) is 0 Å². The van der Waals surface area contributed by atoms with Crippen LogP contribution in [0.4, 0.5) is 11.4 Å². The van der Waals surface area contributed by atoms with Crippen LogP contribution in [0.1, 0.15) is 0 Å². The Kier molecular flexibility index (Phi) is 4.94. The molecule has 0 atom stereocenters. The summed E-state index contributed by atoms with van der Waals surface area (Å²) in [4.78, 5) is 15.6. The quantitative estimate of drug-likeness (QED) is 0.297. The predicted octanol–water partition coefficient (Wildman–Crippen LogP) is 1.85. The number of fused-ring (bicyclic) bond motifs is 1. The molecule has 7 nitrogen and oxygen atoms in total. The summed E-state index contributed by atoms with van der Waals surface area (Å²) >= 11 is 10.7. The third-order valence-corrected chi connectivity index (χ3v) is 7.49. The summed E-state index contributed by atoms with van der Waals surface area (Å²) in [7, 11) is -4.34. The zero-order chi connectivity index (χ0) is 20.1. The Hall–Kier alpha value is -1.94. The molecule has 4 rings (SSSR count). The van der Waals surface area contributed by atoms with Gasteiger partial charge in [-0.05, 0) is 0 Å². The molecule has 2 aromatic rings. The van der Waals surface area contributed by atoms with Crippen molar-refractivity contribution in [2.45, 2.75) is 0 Å². The first-order chi connectivity index (χ1) is 13.2. The number of ether oxygens (including phenoxy) is 1. The number of hydrogen-bond donors (Lipinski definition) is 1. The summed E-state index contributed by atoms with van der Waals surface area (Å²) < 4.78 is 39.3. The maximum absolute atomic E-state index is 13.0. The van der Waals surface area contributed by atoms with Gasteiger partial charge < -0.3 is 0 Å². The molecule has 0 unspecified atom stereocenters. The number of rotatable bonds is 3. The maximum atomic E-state index is 13.0. The molecule has 1 amide bonds. The van der Waals surface area contributed by atoms with Crippen molar-refractivity contribution >= 4 is 75.8 Å². The van der Waals surface area contributed by atoms with Crippen LogP contribution in [0.2, 0.25) is 5.02 Å². The molecule has 2 heterocycles. The number of nitrogens with zero attached hydrogens (tertiary/aromatic N) is 2. The van der Waals surface area contributed by atoms with E-state index in [0.29, 0.717) is 21.0 Å². The predicted molar refractivity (Wildman–Crippen MR) is 110 cm³/mol. The minimum atomic E-state index is -4.34. The fourth-order valence-electron chi connectivity index (χ4n) is 2.80. The molecule has 0 radical (unpaired) electrons. The van der Waals surface area contributed by atoms with E-state index in [1.807, 2.05) is 12.1 Å². The first-order valence-electron chi connectivity index (χ1n) is 7.80. The van der Waals surface area contributed by atoms with Gasteiger partial charge in [0.25, 0.3) is 0 Å². The number of anilines is 2. The van der Waals surface area contributed by atoms with Crippen molar-refractivity contribution in [3.05, 3.63) is 63.9 Å². The molecular weight excluding hydrogens is 491 g/mol. The van der Waals surface area contributed by atoms with Crippen LogP contribution in [0.25, 0.3) is 0 Å². The van der Waals surface area contributed by atoms with Crippen molar-refractivity contribution in [3.63, 3.8) is 0 Å². The molecule has 0 aromatic heterocycles. The van der Waals surface area contributed by atoms with Crippen LogP contribution >= 0.6 is 23.8 Å². The van der Waals surface area contributed by atoms with E-state index in [0.717, 1.165) is 4.46 Å². The standard InChI is InChI=1S/C17H11ClN2O5S2Se/c18-10-5-7-11(8-6-10)20-15(21)14(25-17(20)26)16-19(9-27(22,23)24)12-3-1-2-4-13(12)28-16/h1-8H,9H2,(H,22,23,24)/b16-14-. The van der Waals surface area contributed by atoms with E-state index >= 15 is 0 Å². The number of thiocarbonyl (C=S) groups is 1. The normalized spacial score (nSPS) is 19.2. The van der Waals surface area contributed by atoms with Gasteiger partial charge in [-0.2, -0.15) is 0 Å². The van der Waals surface area contributed by atoms with Crippen LogP contribution in [-0.4, -0.2) is 44.9 Å². The van der Waals surface area contributed by atoms with E-state index in [4.69, 9.17) is 28.6 Å². The fraction of sp³-hybridized carbons (Fsp3) is 0.0588. The summed E-state index contributed by atoms with van der Waals surface area (Å²) in [6, 6.07) is 13.7. The number of halogens is 1. The van der Waals surface area contributed by atoms with Crippen LogP contribution in [-0.2, 0) is 19.6 Å². The molecule has 0 aliphatic carbocycles. The zero-order valence-corrected chi connectivity index (χ0v) is 18.0. The van der Waals surface area contributed by atoms with Gasteiger partial charge in [0.2, 0.25) is 0 Å². The second-order valence-electron chi connectivity index (χ2n) is 5.83. The molecule has 0 spiro atoms. The van der Waals surface area contributed by atoms with E-state index in [-0.39, 0.29) is 10.9 Å². The molecule has 2 aliphatic heterocycles. The van der Waals surface area contributed by atoms with Crippen LogP contribution in [0.15, 0.2) is 58.9 Å². The van der Waals surface area contributed by atoms with Crippen molar-refractivity contribution in [2.75, 3.05) is 15.7 Å². The molecule has 1 fully saturated rings. The van der Waals surface area contributed by atoms with Crippen LogP contribution in [0.5, 0.6) is 0 Å². The Labute approximate surface area is 177 Å². The van der Waals surface area contributed by atoms with Gasteiger partial charge in [-0.25, -0.2) is 0 Å². The SMILES string of the molecule is O=C1/C(=C2/[Se]c3ccccc3N2CS(=O)(=O)O)OC(=S)N1c1ccc(Cl)cc1. The number of para-hydroxylation sites is 1. The van der Waals surface area contributed by atoms with E-state index in [9.17, 15) is 17.8 Å². The molecule has 0 saturated carbocycles. The molecule has 1 N–H and O–H groups in total. The summed E-state index contributed by atoms with van der Waals surface area (Å²) in [6.45, 7) is 0. The van der Waals surface area contributed by atoms with Crippen molar-refractivity contribution < 1.29 is 22.5 Å². The first kappa shape index (κ1) is 19.4. The zero-order valence-electron chi connectivity index (χ0n) is 13.9. The topological polar surface area (TPSA) is 87.2 Å².